The summed E-state index contributed by atoms with van der Waals surface area (Å²) >= 11 is 12.2. The molecule has 7 nitrogen and oxygen atoms in total. The number of hydrazone groups is 1. The molecule has 0 aliphatic carbocycles. The number of aryl methyl sites for hydroxylation is 1. The van der Waals surface area contributed by atoms with Crippen LogP contribution in [0.2, 0.25) is 10.0 Å². The highest BCUT2D eigenvalue weighted by molar-refractivity contribution is 6.35. The Bertz CT molecular complexity index is 1080. The maximum absolute atomic E-state index is 11.9. The van der Waals surface area contributed by atoms with Crippen LogP contribution < -0.4 is 16.1 Å². The van der Waals surface area contributed by atoms with E-state index in [0.717, 1.165) is 11.3 Å². The number of carbonyl (C=O) groups excluding carboxylic acids is 2. The Morgan fingerprint density at radius 2 is 1.93 bits per heavy atom. The summed E-state index contributed by atoms with van der Waals surface area (Å²) in [4.78, 5) is 23.7. The number of benzene rings is 2. The van der Waals surface area contributed by atoms with E-state index in [1.165, 1.54) is 12.5 Å². The normalized spacial score (nSPS) is 10.8. The molecule has 0 saturated heterocycles. The van der Waals surface area contributed by atoms with Gasteiger partial charge in [0.2, 0.25) is 0 Å². The summed E-state index contributed by atoms with van der Waals surface area (Å²) in [5, 5.41) is 10.6. The van der Waals surface area contributed by atoms with Gasteiger partial charge in [0, 0.05) is 27.0 Å². The lowest BCUT2D eigenvalue weighted by Gasteiger charge is -2.11. The van der Waals surface area contributed by atoms with Crippen molar-refractivity contribution >= 4 is 52.6 Å². The smallest absolute Gasteiger partial charge is 0.329 e. The second-order valence-electron chi connectivity index (χ2n) is 6.28. The van der Waals surface area contributed by atoms with Crippen LogP contribution in [0.3, 0.4) is 0 Å². The molecular formula is C21H18Cl2N4O3. The van der Waals surface area contributed by atoms with Gasteiger partial charge in [0.05, 0.1) is 19.0 Å². The SMILES string of the molecule is Cc1ccc(Nc2ccc(Cl)cc2/C=N\NC(=O)C(=O)NCc2ccco2)cc1Cl. The number of rotatable bonds is 6. The van der Waals surface area contributed by atoms with Gasteiger partial charge in [0.1, 0.15) is 5.76 Å². The molecule has 154 valence electrons. The van der Waals surface area contributed by atoms with Gasteiger partial charge in [-0.15, -0.1) is 0 Å². The van der Waals surface area contributed by atoms with Crippen LogP contribution in [0, 0.1) is 6.92 Å². The molecule has 2 aromatic carbocycles. The Kier molecular flexibility index (Phi) is 7.11. The maximum atomic E-state index is 11.9. The van der Waals surface area contributed by atoms with Crippen molar-refractivity contribution in [1.82, 2.24) is 10.7 Å². The van der Waals surface area contributed by atoms with Gasteiger partial charge in [-0.1, -0.05) is 29.3 Å². The number of carbonyl (C=O) groups is 2. The van der Waals surface area contributed by atoms with Crippen molar-refractivity contribution < 1.29 is 14.0 Å². The van der Waals surface area contributed by atoms with Crippen LogP contribution in [0.5, 0.6) is 0 Å². The summed E-state index contributed by atoms with van der Waals surface area (Å²) in [6, 6.07) is 14.1. The third-order valence-electron chi connectivity index (χ3n) is 4.04. The zero-order valence-electron chi connectivity index (χ0n) is 15.9. The van der Waals surface area contributed by atoms with Gasteiger partial charge in [-0.05, 0) is 55.0 Å². The average molecular weight is 445 g/mol. The first kappa shape index (κ1) is 21.4. The molecule has 0 fully saturated rings. The highest BCUT2D eigenvalue weighted by Crippen LogP contribution is 2.26. The van der Waals surface area contributed by atoms with Crippen LogP contribution in [0.4, 0.5) is 11.4 Å². The number of anilines is 2. The van der Waals surface area contributed by atoms with Crippen LogP contribution in [-0.4, -0.2) is 18.0 Å². The molecule has 0 aliphatic heterocycles. The lowest BCUT2D eigenvalue weighted by molar-refractivity contribution is -0.139. The van der Waals surface area contributed by atoms with E-state index in [-0.39, 0.29) is 6.54 Å². The fourth-order valence-electron chi connectivity index (χ4n) is 2.45. The first-order chi connectivity index (χ1) is 14.4. The number of hydrogen-bond acceptors (Lipinski definition) is 5. The minimum atomic E-state index is -0.903. The van der Waals surface area contributed by atoms with Crippen molar-refractivity contribution in [3.05, 3.63) is 81.7 Å². The van der Waals surface area contributed by atoms with E-state index < -0.39 is 11.8 Å². The van der Waals surface area contributed by atoms with Crippen molar-refractivity contribution in [3.63, 3.8) is 0 Å². The molecule has 1 heterocycles. The van der Waals surface area contributed by atoms with E-state index in [0.29, 0.717) is 27.1 Å². The Hall–Kier alpha value is -3.29. The Morgan fingerprint density at radius 1 is 1.10 bits per heavy atom. The standard InChI is InChI=1S/C21H18Cl2N4O3/c1-13-4-6-16(10-18(13)23)26-19-7-5-15(22)9-14(19)11-25-27-21(29)20(28)24-12-17-3-2-8-30-17/h2-11,26H,12H2,1H3,(H,24,28)(H,27,29)/b25-11-. The summed E-state index contributed by atoms with van der Waals surface area (Å²) < 4.78 is 5.09. The molecule has 3 N–H and O–H groups in total. The zero-order chi connectivity index (χ0) is 21.5. The highest BCUT2D eigenvalue weighted by atomic mass is 35.5. The predicted octanol–water partition coefficient (Wildman–Crippen LogP) is 4.40. The van der Waals surface area contributed by atoms with Crippen LogP contribution >= 0.6 is 23.2 Å². The molecule has 2 amide bonds. The largest absolute Gasteiger partial charge is 0.467 e. The van der Waals surface area contributed by atoms with Crippen molar-refractivity contribution in [2.75, 3.05) is 5.32 Å². The fourth-order valence-corrected chi connectivity index (χ4v) is 2.81. The van der Waals surface area contributed by atoms with Crippen LogP contribution in [0.1, 0.15) is 16.9 Å². The molecule has 30 heavy (non-hydrogen) atoms. The molecule has 1 aromatic heterocycles. The first-order valence-corrected chi connectivity index (χ1v) is 9.64. The molecule has 3 rings (SSSR count). The van der Waals surface area contributed by atoms with E-state index in [1.54, 1.807) is 36.4 Å². The summed E-state index contributed by atoms with van der Waals surface area (Å²) in [6.45, 7) is 2.02. The summed E-state index contributed by atoms with van der Waals surface area (Å²) in [7, 11) is 0. The van der Waals surface area contributed by atoms with Crippen molar-refractivity contribution in [1.29, 1.82) is 0 Å². The fraction of sp³-hybridized carbons (Fsp3) is 0.0952. The van der Waals surface area contributed by atoms with Crippen LogP contribution in [0.25, 0.3) is 0 Å². The van der Waals surface area contributed by atoms with Gasteiger partial charge in [-0.3, -0.25) is 9.59 Å². The van der Waals surface area contributed by atoms with Gasteiger partial charge >= 0.3 is 11.8 Å². The van der Waals surface area contributed by atoms with Crippen molar-refractivity contribution in [2.24, 2.45) is 5.10 Å². The lowest BCUT2D eigenvalue weighted by Crippen LogP contribution is -2.37. The highest BCUT2D eigenvalue weighted by Gasteiger charge is 2.12. The third-order valence-corrected chi connectivity index (χ3v) is 4.69. The topological polar surface area (TPSA) is 95.7 Å². The number of amides is 2. The monoisotopic (exact) mass is 444 g/mol. The molecule has 0 unspecified atom stereocenters. The maximum Gasteiger partial charge on any atom is 0.329 e. The first-order valence-electron chi connectivity index (χ1n) is 8.89. The molecule has 0 saturated carbocycles. The van der Waals surface area contributed by atoms with Crippen LogP contribution in [0.15, 0.2) is 64.3 Å². The van der Waals surface area contributed by atoms with Gasteiger partial charge in [-0.25, -0.2) is 5.43 Å². The molecule has 0 radical (unpaired) electrons. The van der Waals surface area contributed by atoms with E-state index in [4.69, 9.17) is 27.6 Å². The number of nitrogens with one attached hydrogen (secondary N) is 3. The zero-order valence-corrected chi connectivity index (χ0v) is 17.4. The molecule has 0 bridgehead atoms. The molecule has 9 heteroatoms. The quantitative estimate of drug-likeness (QED) is 0.298. The number of halogens is 2. The van der Waals surface area contributed by atoms with Crippen LogP contribution in [-0.2, 0) is 16.1 Å². The average Bonchev–Trinajstić information content (AvgIpc) is 3.24. The van der Waals surface area contributed by atoms with Gasteiger partial charge in [-0.2, -0.15) is 5.10 Å². The summed E-state index contributed by atoms with van der Waals surface area (Å²) in [5.74, 6) is -1.20. The van der Waals surface area contributed by atoms with Gasteiger partial charge in [0.15, 0.2) is 0 Å². The van der Waals surface area contributed by atoms with Crippen molar-refractivity contribution in [2.45, 2.75) is 13.5 Å². The summed E-state index contributed by atoms with van der Waals surface area (Å²) in [5.41, 5.74) is 5.23. The van der Waals surface area contributed by atoms with Gasteiger partial charge < -0.3 is 15.1 Å². The van der Waals surface area contributed by atoms with E-state index >= 15 is 0 Å². The number of hydrogen-bond donors (Lipinski definition) is 3. The molecule has 3 aromatic rings. The van der Waals surface area contributed by atoms with Gasteiger partial charge in [0.25, 0.3) is 0 Å². The molecule has 0 spiro atoms. The second-order valence-corrected chi connectivity index (χ2v) is 7.13. The molecule has 0 aliphatic rings. The Labute approximate surface area is 183 Å². The van der Waals surface area contributed by atoms with E-state index in [2.05, 4.69) is 21.2 Å². The molecule has 0 atom stereocenters. The Morgan fingerprint density at radius 3 is 2.67 bits per heavy atom. The third kappa shape index (κ3) is 5.85. The molecular weight excluding hydrogens is 427 g/mol. The number of nitrogens with zero attached hydrogens (tertiary/aromatic N) is 1. The van der Waals surface area contributed by atoms with E-state index in [1.807, 2.05) is 19.1 Å². The van der Waals surface area contributed by atoms with Crippen molar-refractivity contribution in [3.8, 4) is 0 Å². The van der Waals surface area contributed by atoms with E-state index in [9.17, 15) is 9.59 Å². The minimum absolute atomic E-state index is 0.102. The second kappa shape index (κ2) is 9.96. The number of furan rings is 1. The lowest BCUT2D eigenvalue weighted by atomic mass is 10.1. The summed E-state index contributed by atoms with van der Waals surface area (Å²) in [6.07, 6.45) is 2.87. The minimum Gasteiger partial charge on any atom is -0.467 e. The Balaban J connectivity index is 1.64. The predicted molar refractivity (Wildman–Crippen MR) is 117 cm³/mol.